The molecular weight excluding hydrogens is 328 g/mol. The number of rotatable bonds is 7. The average molecular weight is 350 g/mol. The molecule has 0 fully saturated rings. The number of nitrogens with one attached hydrogen (secondary N) is 2. The fraction of sp³-hybridized carbons (Fsp3) is 0.400. The Bertz CT molecular complexity index is 706. The van der Waals surface area contributed by atoms with E-state index in [-0.39, 0.29) is 6.54 Å². The van der Waals surface area contributed by atoms with Crippen LogP contribution in [0.25, 0.3) is 11.5 Å². The van der Waals surface area contributed by atoms with Gasteiger partial charge in [-0.1, -0.05) is 13.8 Å². The Morgan fingerprint density at radius 1 is 1.42 bits per heavy atom. The number of urea groups is 1. The Labute approximate surface area is 144 Å². The van der Waals surface area contributed by atoms with Gasteiger partial charge in [0, 0.05) is 11.9 Å². The number of nitrogens with two attached hydrogens (primary N) is 2. The molecular formula is C15H22N6O2S. The van der Waals surface area contributed by atoms with Gasteiger partial charge in [0.05, 0.1) is 6.54 Å². The molecule has 2 heterocycles. The Morgan fingerprint density at radius 2 is 2.21 bits per heavy atom. The first kappa shape index (κ1) is 17.8. The number of aromatic nitrogens is 1. The second kappa shape index (κ2) is 8.34. The Balaban J connectivity index is 1.94. The van der Waals surface area contributed by atoms with Gasteiger partial charge in [-0.3, -0.25) is 4.99 Å². The summed E-state index contributed by atoms with van der Waals surface area (Å²) in [6, 6.07) is 2.96. The maximum Gasteiger partial charge on any atom is 0.312 e. The van der Waals surface area contributed by atoms with Crippen LogP contribution in [0.2, 0.25) is 0 Å². The molecule has 24 heavy (non-hydrogen) atoms. The van der Waals surface area contributed by atoms with E-state index in [1.54, 1.807) is 12.1 Å². The van der Waals surface area contributed by atoms with Gasteiger partial charge in [-0.15, -0.1) is 11.3 Å². The highest BCUT2D eigenvalue weighted by Crippen LogP contribution is 2.26. The van der Waals surface area contributed by atoms with Crippen molar-refractivity contribution in [2.24, 2.45) is 22.4 Å². The number of aliphatic imine (C=N–C) groups is 1. The van der Waals surface area contributed by atoms with Crippen molar-refractivity contribution in [1.82, 2.24) is 10.3 Å². The number of hydrogen-bond donors (Lipinski definition) is 4. The minimum absolute atomic E-state index is 0.236. The zero-order valence-corrected chi connectivity index (χ0v) is 14.5. The van der Waals surface area contributed by atoms with E-state index in [1.807, 2.05) is 5.38 Å². The summed E-state index contributed by atoms with van der Waals surface area (Å²) in [5.74, 6) is 2.14. The van der Waals surface area contributed by atoms with Crippen LogP contribution < -0.4 is 22.1 Å². The van der Waals surface area contributed by atoms with Gasteiger partial charge >= 0.3 is 6.03 Å². The molecule has 0 aromatic carbocycles. The van der Waals surface area contributed by atoms with Crippen LogP contribution in [0, 0.1) is 5.92 Å². The number of hydrogen-bond acceptors (Lipinski definition) is 5. The van der Waals surface area contributed by atoms with Crippen LogP contribution in [0.4, 0.5) is 9.93 Å². The minimum atomic E-state index is -0.597. The lowest BCUT2D eigenvalue weighted by molar-refractivity contribution is 0.247. The van der Waals surface area contributed by atoms with Crippen LogP contribution in [-0.2, 0) is 6.54 Å². The monoisotopic (exact) mass is 350 g/mol. The number of thiazole rings is 1. The highest BCUT2D eigenvalue weighted by molar-refractivity contribution is 7.14. The molecule has 0 saturated carbocycles. The summed E-state index contributed by atoms with van der Waals surface area (Å²) in [6.07, 6.45) is 0.986. The summed E-state index contributed by atoms with van der Waals surface area (Å²) in [7, 11) is 0. The van der Waals surface area contributed by atoms with Crippen molar-refractivity contribution in [3.63, 3.8) is 0 Å². The molecule has 2 aromatic rings. The van der Waals surface area contributed by atoms with Crippen molar-refractivity contribution in [2.75, 3.05) is 11.9 Å². The van der Waals surface area contributed by atoms with Crippen molar-refractivity contribution in [3.05, 3.63) is 23.3 Å². The first-order valence-corrected chi connectivity index (χ1v) is 8.47. The number of guanidine groups is 1. The lowest BCUT2D eigenvalue weighted by Gasteiger charge is -2.03. The molecule has 2 amide bonds. The van der Waals surface area contributed by atoms with Crippen molar-refractivity contribution >= 4 is 28.5 Å². The van der Waals surface area contributed by atoms with E-state index < -0.39 is 6.03 Å². The highest BCUT2D eigenvalue weighted by atomic mass is 32.1. The number of furan rings is 1. The number of carbonyl (C=O) groups is 1. The van der Waals surface area contributed by atoms with Crippen LogP contribution in [0.15, 0.2) is 26.9 Å². The predicted molar refractivity (Wildman–Crippen MR) is 95.8 cm³/mol. The molecule has 0 aliphatic rings. The second-order valence-electron chi connectivity index (χ2n) is 5.60. The zero-order valence-electron chi connectivity index (χ0n) is 13.7. The van der Waals surface area contributed by atoms with Crippen LogP contribution in [0.1, 0.15) is 26.0 Å². The highest BCUT2D eigenvalue weighted by Gasteiger charge is 2.10. The first-order valence-electron chi connectivity index (χ1n) is 7.59. The smallest absolute Gasteiger partial charge is 0.312 e. The maximum atomic E-state index is 10.7. The summed E-state index contributed by atoms with van der Waals surface area (Å²) in [5.41, 5.74) is 11.6. The molecule has 2 rings (SSSR count). The van der Waals surface area contributed by atoms with Crippen molar-refractivity contribution < 1.29 is 9.21 Å². The van der Waals surface area contributed by atoms with Crippen LogP contribution in [-0.4, -0.2) is 23.5 Å². The van der Waals surface area contributed by atoms with Gasteiger partial charge < -0.3 is 26.5 Å². The SMILES string of the molecule is CC(C)CCN=C(N)Nc1nc(-c2ccc(CNC(N)=O)o2)cs1. The molecule has 2 aromatic heterocycles. The molecule has 9 heteroatoms. The van der Waals surface area contributed by atoms with Gasteiger partial charge in [-0.05, 0) is 24.5 Å². The lowest BCUT2D eigenvalue weighted by Crippen LogP contribution is -2.28. The van der Waals surface area contributed by atoms with E-state index in [9.17, 15) is 4.79 Å². The van der Waals surface area contributed by atoms with Gasteiger partial charge in [-0.25, -0.2) is 9.78 Å². The van der Waals surface area contributed by atoms with E-state index in [0.29, 0.717) is 40.8 Å². The average Bonchev–Trinajstić information content (AvgIpc) is 3.13. The number of carbonyl (C=O) groups excluding carboxylic acids is 1. The summed E-state index contributed by atoms with van der Waals surface area (Å²) in [6.45, 7) is 5.20. The summed E-state index contributed by atoms with van der Waals surface area (Å²) in [5, 5.41) is 7.94. The second-order valence-corrected chi connectivity index (χ2v) is 6.45. The van der Waals surface area contributed by atoms with Crippen molar-refractivity contribution in [2.45, 2.75) is 26.8 Å². The van der Waals surface area contributed by atoms with E-state index in [2.05, 4.69) is 34.5 Å². The maximum absolute atomic E-state index is 10.7. The summed E-state index contributed by atoms with van der Waals surface area (Å²) < 4.78 is 5.61. The van der Waals surface area contributed by atoms with Gasteiger partial charge in [0.25, 0.3) is 0 Å². The Morgan fingerprint density at radius 3 is 2.92 bits per heavy atom. The normalized spacial score (nSPS) is 11.7. The topological polar surface area (TPSA) is 132 Å². The molecule has 0 radical (unpaired) electrons. The van der Waals surface area contributed by atoms with E-state index in [0.717, 1.165) is 6.42 Å². The third-order valence-electron chi connectivity index (χ3n) is 3.08. The first-order chi connectivity index (χ1) is 11.4. The van der Waals surface area contributed by atoms with E-state index in [4.69, 9.17) is 15.9 Å². The molecule has 130 valence electrons. The molecule has 0 bridgehead atoms. The van der Waals surface area contributed by atoms with Gasteiger partial charge in [0.1, 0.15) is 11.5 Å². The summed E-state index contributed by atoms with van der Waals surface area (Å²) in [4.78, 5) is 19.4. The molecule has 8 nitrogen and oxygen atoms in total. The van der Waals surface area contributed by atoms with Crippen LogP contribution in [0.3, 0.4) is 0 Å². The fourth-order valence-electron chi connectivity index (χ4n) is 1.82. The number of primary amides is 1. The molecule has 6 N–H and O–H groups in total. The molecule has 0 aliphatic heterocycles. The van der Waals surface area contributed by atoms with Gasteiger partial charge in [0.2, 0.25) is 0 Å². The Kier molecular flexibility index (Phi) is 6.19. The largest absolute Gasteiger partial charge is 0.458 e. The zero-order chi connectivity index (χ0) is 17.5. The lowest BCUT2D eigenvalue weighted by atomic mass is 10.1. The molecule has 0 unspecified atom stereocenters. The van der Waals surface area contributed by atoms with Gasteiger partial charge in [0.15, 0.2) is 16.9 Å². The van der Waals surface area contributed by atoms with Crippen molar-refractivity contribution in [3.8, 4) is 11.5 Å². The molecule has 0 atom stereocenters. The number of nitrogens with zero attached hydrogens (tertiary/aromatic N) is 2. The molecule has 0 spiro atoms. The van der Waals surface area contributed by atoms with E-state index in [1.165, 1.54) is 11.3 Å². The molecule has 0 saturated heterocycles. The Hall–Kier alpha value is -2.55. The summed E-state index contributed by atoms with van der Waals surface area (Å²) >= 11 is 1.41. The minimum Gasteiger partial charge on any atom is -0.458 e. The predicted octanol–water partition coefficient (Wildman–Crippen LogP) is 2.34. The third kappa shape index (κ3) is 5.58. The number of anilines is 1. The number of amides is 2. The van der Waals surface area contributed by atoms with Gasteiger partial charge in [-0.2, -0.15) is 0 Å². The standard InChI is InChI=1S/C15H22N6O2S/c1-9(2)5-6-18-13(16)21-15-20-11(8-24-15)12-4-3-10(23-12)7-19-14(17)22/h3-4,8-9H,5-7H2,1-2H3,(H3,17,19,22)(H3,16,18,20,21). The quantitative estimate of drug-likeness (QED) is 0.449. The molecule has 0 aliphatic carbocycles. The van der Waals surface area contributed by atoms with E-state index >= 15 is 0 Å². The van der Waals surface area contributed by atoms with Crippen LogP contribution >= 0.6 is 11.3 Å². The van der Waals surface area contributed by atoms with Crippen molar-refractivity contribution in [1.29, 1.82) is 0 Å². The van der Waals surface area contributed by atoms with Crippen LogP contribution in [0.5, 0.6) is 0 Å². The third-order valence-corrected chi connectivity index (χ3v) is 3.84. The fourth-order valence-corrected chi connectivity index (χ4v) is 2.53.